The van der Waals surface area contributed by atoms with Crippen molar-refractivity contribution >= 4 is 17.1 Å². The summed E-state index contributed by atoms with van der Waals surface area (Å²) in [6.45, 7) is 1.15. The third-order valence-corrected chi connectivity index (χ3v) is 6.10. The van der Waals surface area contributed by atoms with Crippen molar-refractivity contribution in [2.24, 2.45) is 0 Å². The minimum atomic E-state index is -0.681. The molecule has 5 nitrogen and oxygen atoms in total. The van der Waals surface area contributed by atoms with Gasteiger partial charge in [0.05, 0.1) is 0 Å². The van der Waals surface area contributed by atoms with Crippen LogP contribution in [-0.2, 0) is 11.2 Å². The van der Waals surface area contributed by atoms with E-state index in [-0.39, 0.29) is 12.5 Å². The maximum atomic E-state index is 12.7. The van der Waals surface area contributed by atoms with Gasteiger partial charge in [0, 0.05) is 29.6 Å². The Morgan fingerprint density at radius 2 is 1.62 bits per heavy atom. The summed E-state index contributed by atoms with van der Waals surface area (Å²) in [4.78, 5) is 18.1. The van der Waals surface area contributed by atoms with E-state index in [9.17, 15) is 4.79 Å². The Morgan fingerprint density at radius 1 is 0.938 bits per heavy atom. The lowest BCUT2D eigenvalue weighted by Crippen LogP contribution is -2.16. The van der Waals surface area contributed by atoms with Crippen LogP contribution in [0.4, 0.5) is 4.79 Å². The summed E-state index contributed by atoms with van der Waals surface area (Å²) in [7, 11) is 4.09. The molecule has 5 heteroatoms. The van der Waals surface area contributed by atoms with Gasteiger partial charge in [-0.05, 0) is 60.5 Å². The molecule has 3 aromatic carbocycles. The van der Waals surface area contributed by atoms with Crippen LogP contribution in [0, 0.1) is 0 Å². The van der Waals surface area contributed by atoms with Crippen LogP contribution in [0.5, 0.6) is 5.75 Å². The predicted molar refractivity (Wildman–Crippen MR) is 126 cm³/mol. The number of fused-ring (bicyclic) bond motifs is 4. The Morgan fingerprint density at radius 3 is 2.31 bits per heavy atom. The number of aromatic nitrogens is 1. The molecule has 4 aromatic rings. The molecule has 0 radical (unpaired) electrons. The Kier molecular flexibility index (Phi) is 5.41. The number of hydrogen-bond acceptors (Lipinski definition) is 4. The lowest BCUT2D eigenvalue weighted by Gasteiger charge is -2.14. The molecule has 0 spiro atoms. The van der Waals surface area contributed by atoms with Gasteiger partial charge in [0.15, 0.2) is 0 Å². The van der Waals surface area contributed by atoms with Crippen molar-refractivity contribution in [3.05, 3.63) is 89.6 Å². The van der Waals surface area contributed by atoms with Crippen LogP contribution in [0.25, 0.3) is 22.0 Å². The van der Waals surface area contributed by atoms with Crippen molar-refractivity contribution in [1.29, 1.82) is 0 Å². The number of rotatable bonds is 6. The van der Waals surface area contributed by atoms with E-state index in [1.54, 1.807) is 0 Å². The van der Waals surface area contributed by atoms with E-state index < -0.39 is 6.16 Å². The zero-order chi connectivity index (χ0) is 22.1. The van der Waals surface area contributed by atoms with Crippen molar-refractivity contribution in [3.63, 3.8) is 0 Å². The van der Waals surface area contributed by atoms with Gasteiger partial charge in [0.25, 0.3) is 0 Å². The van der Waals surface area contributed by atoms with Crippen LogP contribution in [0.3, 0.4) is 0 Å². The lowest BCUT2D eigenvalue weighted by atomic mass is 9.98. The summed E-state index contributed by atoms with van der Waals surface area (Å²) in [6, 6.07) is 22.3. The first-order valence-corrected chi connectivity index (χ1v) is 10.9. The highest BCUT2D eigenvalue weighted by Crippen LogP contribution is 2.44. The van der Waals surface area contributed by atoms with Crippen LogP contribution in [0.15, 0.2) is 72.9 Å². The number of aromatic amines is 1. The first-order chi connectivity index (χ1) is 15.6. The van der Waals surface area contributed by atoms with Gasteiger partial charge in [0.1, 0.15) is 12.4 Å². The zero-order valence-corrected chi connectivity index (χ0v) is 18.3. The van der Waals surface area contributed by atoms with E-state index in [1.165, 1.54) is 22.3 Å². The molecule has 0 fully saturated rings. The van der Waals surface area contributed by atoms with Crippen LogP contribution in [0.1, 0.15) is 22.6 Å². The van der Waals surface area contributed by atoms with Crippen LogP contribution in [0.2, 0.25) is 0 Å². The highest BCUT2D eigenvalue weighted by atomic mass is 16.7. The van der Waals surface area contributed by atoms with E-state index >= 15 is 0 Å². The smallest absolute Gasteiger partial charge is 0.433 e. The van der Waals surface area contributed by atoms with E-state index in [1.807, 2.05) is 62.8 Å². The molecular formula is C27H26N2O3. The third-order valence-electron chi connectivity index (χ3n) is 6.10. The van der Waals surface area contributed by atoms with Crippen LogP contribution < -0.4 is 4.74 Å². The maximum absolute atomic E-state index is 12.7. The van der Waals surface area contributed by atoms with Gasteiger partial charge in [-0.1, -0.05) is 54.6 Å². The van der Waals surface area contributed by atoms with E-state index in [2.05, 4.69) is 34.1 Å². The summed E-state index contributed by atoms with van der Waals surface area (Å²) in [5.41, 5.74) is 6.83. The molecule has 0 unspecified atom stereocenters. The first kappa shape index (κ1) is 20.3. The molecule has 0 atom stereocenters. The Balaban J connectivity index is 1.33. The molecule has 1 aliphatic carbocycles. The van der Waals surface area contributed by atoms with Crippen LogP contribution in [-0.4, -0.2) is 43.3 Å². The van der Waals surface area contributed by atoms with Gasteiger partial charge in [-0.15, -0.1) is 0 Å². The number of likely N-dealkylation sites (N-methyl/N-ethyl adjacent to an activating group) is 1. The summed E-state index contributed by atoms with van der Waals surface area (Å²) in [6.07, 6.45) is 2.16. The molecule has 0 saturated heterocycles. The average molecular weight is 427 g/mol. The summed E-state index contributed by atoms with van der Waals surface area (Å²) in [5, 5.41) is 0.933. The Bertz CT molecular complexity index is 1230. The van der Waals surface area contributed by atoms with Crippen molar-refractivity contribution in [2.75, 3.05) is 27.2 Å². The van der Waals surface area contributed by atoms with Crippen molar-refractivity contribution in [2.45, 2.75) is 12.3 Å². The molecule has 32 heavy (non-hydrogen) atoms. The van der Waals surface area contributed by atoms with E-state index in [4.69, 9.17) is 9.47 Å². The second-order valence-corrected chi connectivity index (χ2v) is 8.44. The molecule has 162 valence electrons. The maximum Gasteiger partial charge on any atom is 0.513 e. The van der Waals surface area contributed by atoms with Gasteiger partial charge in [-0.2, -0.15) is 0 Å². The fourth-order valence-corrected chi connectivity index (χ4v) is 4.56. The molecule has 1 aliphatic rings. The van der Waals surface area contributed by atoms with Gasteiger partial charge >= 0.3 is 6.16 Å². The Hall–Kier alpha value is -3.57. The monoisotopic (exact) mass is 426 g/mol. The standard InChI is InChI=1S/C27H26N2O3/c1-29(2)15-14-18-16-28-24-12-7-13-25(26(18)24)32-27(30)31-17-23-21-10-5-3-8-19(21)20-9-4-6-11-22(20)23/h3-13,16,23,28H,14-15,17H2,1-2H3. The van der Waals surface area contributed by atoms with Crippen molar-refractivity contribution in [3.8, 4) is 16.9 Å². The number of ether oxygens (including phenoxy) is 2. The van der Waals surface area contributed by atoms with E-state index in [0.717, 1.165) is 29.4 Å². The zero-order valence-electron chi connectivity index (χ0n) is 18.3. The predicted octanol–water partition coefficient (Wildman–Crippen LogP) is 5.60. The fourth-order valence-electron chi connectivity index (χ4n) is 4.56. The molecular weight excluding hydrogens is 400 g/mol. The van der Waals surface area contributed by atoms with Crippen molar-refractivity contribution in [1.82, 2.24) is 9.88 Å². The van der Waals surface area contributed by atoms with Gasteiger partial charge in [-0.25, -0.2) is 4.79 Å². The largest absolute Gasteiger partial charge is 0.513 e. The fraction of sp³-hybridized carbons (Fsp3) is 0.222. The molecule has 1 heterocycles. The summed E-state index contributed by atoms with van der Waals surface area (Å²) >= 11 is 0. The summed E-state index contributed by atoms with van der Waals surface area (Å²) in [5.74, 6) is 0.531. The topological polar surface area (TPSA) is 54.6 Å². The number of nitrogens with zero attached hydrogens (tertiary/aromatic N) is 1. The first-order valence-electron chi connectivity index (χ1n) is 10.9. The number of hydrogen-bond donors (Lipinski definition) is 1. The Labute approximate surface area is 187 Å². The normalized spacial score (nSPS) is 12.7. The SMILES string of the molecule is CN(C)CCc1c[nH]c2cccc(OC(=O)OCC3c4ccccc4-c4ccccc43)c12. The number of benzene rings is 3. The molecule has 1 N–H and O–H groups in total. The number of carbonyl (C=O) groups excluding carboxylic acids is 1. The molecule has 0 saturated carbocycles. The second-order valence-electron chi connectivity index (χ2n) is 8.44. The lowest BCUT2D eigenvalue weighted by molar-refractivity contribution is 0.0970. The number of H-pyrrole nitrogens is 1. The minimum Gasteiger partial charge on any atom is -0.433 e. The molecule has 0 aliphatic heterocycles. The quantitative estimate of drug-likeness (QED) is 0.322. The van der Waals surface area contributed by atoms with Gasteiger partial charge < -0.3 is 19.4 Å². The number of carbonyl (C=O) groups is 1. The average Bonchev–Trinajstić information content (AvgIpc) is 3.36. The second kappa shape index (κ2) is 8.52. The number of nitrogens with one attached hydrogen (secondary N) is 1. The van der Waals surface area contributed by atoms with Gasteiger partial charge in [-0.3, -0.25) is 0 Å². The minimum absolute atomic E-state index is 0.00801. The van der Waals surface area contributed by atoms with Crippen LogP contribution >= 0.6 is 0 Å². The molecule has 5 rings (SSSR count). The highest BCUT2D eigenvalue weighted by molar-refractivity contribution is 5.91. The van der Waals surface area contributed by atoms with Gasteiger partial charge in [0.2, 0.25) is 0 Å². The third kappa shape index (κ3) is 3.76. The summed E-state index contributed by atoms with van der Waals surface area (Å²) < 4.78 is 11.3. The van der Waals surface area contributed by atoms with E-state index in [0.29, 0.717) is 5.75 Å². The molecule has 0 bridgehead atoms. The van der Waals surface area contributed by atoms with Crippen molar-refractivity contribution < 1.29 is 14.3 Å². The molecule has 1 aromatic heterocycles. The molecule has 0 amide bonds. The highest BCUT2D eigenvalue weighted by Gasteiger charge is 2.29.